The Morgan fingerprint density at radius 1 is 1.22 bits per heavy atom. The molecule has 2 atom stereocenters. The van der Waals surface area contributed by atoms with Gasteiger partial charge in [0.05, 0.1) is 17.5 Å². The lowest BCUT2D eigenvalue weighted by molar-refractivity contribution is -0.129. The first-order valence-corrected chi connectivity index (χ1v) is 10.5. The van der Waals surface area contributed by atoms with Gasteiger partial charge in [0.25, 0.3) is 0 Å². The Balaban J connectivity index is 1.90. The highest BCUT2D eigenvalue weighted by molar-refractivity contribution is 6.15. The van der Waals surface area contributed by atoms with Crippen LogP contribution >= 0.6 is 0 Å². The van der Waals surface area contributed by atoms with E-state index >= 15 is 0 Å². The van der Waals surface area contributed by atoms with Crippen molar-refractivity contribution >= 4 is 17.5 Å². The minimum absolute atomic E-state index is 0.00897. The minimum Gasteiger partial charge on any atom is -0.351 e. The van der Waals surface area contributed by atoms with Crippen LogP contribution in [-0.2, 0) is 14.4 Å². The average Bonchev–Trinajstić information content (AvgIpc) is 2.94. The predicted molar refractivity (Wildman–Crippen MR) is 117 cm³/mol. The first kappa shape index (κ1) is 23.3. The fraction of sp³-hybridized carbons (Fsp3) is 0.400. The zero-order chi connectivity index (χ0) is 23.8. The van der Waals surface area contributed by atoms with Crippen LogP contribution in [0.25, 0.3) is 11.3 Å². The molecule has 1 aromatic carbocycles. The van der Waals surface area contributed by atoms with Crippen molar-refractivity contribution in [2.75, 3.05) is 0 Å². The molecule has 1 saturated carbocycles. The van der Waals surface area contributed by atoms with E-state index in [0.29, 0.717) is 16.8 Å². The van der Waals surface area contributed by atoms with Crippen LogP contribution in [0.3, 0.4) is 0 Å². The number of aromatic nitrogens is 1. The SMILES string of the molecule is Cc1cc(-c2cc(C#N)c(F)cn2)cc(C)c1C1C(=O)CC(CC(=O)NC(C)(C)C)C1=O. The second-order valence-electron chi connectivity index (χ2n) is 9.39. The largest absolute Gasteiger partial charge is 0.351 e. The molecular formula is C25H26FN3O3. The van der Waals surface area contributed by atoms with E-state index < -0.39 is 23.2 Å². The Morgan fingerprint density at radius 2 is 1.84 bits per heavy atom. The van der Waals surface area contributed by atoms with Crippen LogP contribution in [0.4, 0.5) is 4.39 Å². The van der Waals surface area contributed by atoms with Gasteiger partial charge in [0.2, 0.25) is 5.91 Å². The number of benzene rings is 1. The summed E-state index contributed by atoms with van der Waals surface area (Å²) in [6, 6.07) is 6.74. The second kappa shape index (κ2) is 8.62. The van der Waals surface area contributed by atoms with Gasteiger partial charge in [-0.25, -0.2) is 4.39 Å². The summed E-state index contributed by atoms with van der Waals surface area (Å²) >= 11 is 0. The van der Waals surface area contributed by atoms with Crippen LogP contribution in [0.15, 0.2) is 24.4 Å². The van der Waals surface area contributed by atoms with Gasteiger partial charge in [-0.3, -0.25) is 19.4 Å². The number of Topliss-reactive ketones (excluding diaryl/α,β-unsaturated/α-hetero) is 2. The van der Waals surface area contributed by atoms with E-state index in [1.807, 2.05) is 20.8 Å². The number of carbonyl (C=O) groups is 3. The van der Waals surface area contributed by atoms with Gasteiger partial charge in [0.1, 0.15) is 17.8 Å². The Labute approximate surface area is 186 Å². The number of nitrogens with one attached hydrogen (secondary N) is 1. The van der Waals surface area contributed by atoms with Gasteiger partial charge in [-0.1, -0.05) is 0 Å². The first-order valence-electron chi connectivity index (χ1n) is 10.5. The quantitative estimate of drug-likeness (QED) is 0.734. The summed E-state index contributed by atoms with van der Waals surface area (Å²) in [5.41, 5.74) is 2.69. The Hall–Kier alpha value is -3.40. The lowest BCUT2D eigenvalue weighted by atomic mass is 9.85. The molecule has 0 radical (unpaired) electrons. The third-order valence-corrected chi connectivity index (χ3v) is 5.56. The number of amides is 1. The molecule has 1 fully saturated rings. The van der Waals surface area contributed by atoms with E-state index in [-0.39, 0.29) is 35.9 Å². The highest BCUT2D eigenvalue weighted by Crippen LogP contribution is 2.38. The normalized spacial score (nSPS) is 18.5. The van der Waals surface area contributed by atoms with Gasteiger partial charge in [0.15, 0.2) is 11.6 Å². The van der Waals surface area contributed by atoms with Gasteiger partial charge < -0.3 is 5.32 Å². The highest BCUT2D eigenvalue weighted by atomic mass is 19.1. The maximum atomic E-state index is 13.6. The number of ketones is 2. The first-order chi connectivity index (χ1) is 14.9. The molecule has 2 unspecified atom stereocenters. The summed E-state index contributed by atoms with van der Waals surface area (Å²) in [6.45, 7) is 9.19. The molecule has 1 N–H and O–H groups in total. The van der Waals surface area contributed by atoms with Crippen LogP contribution < -0.4 is 5.32 Å². The fourth-order valence-corrected chi connectivity index (χ4v) is 4.28. The van der Waals surface area contributed by atoms with Gasteiger partial charge >= 0.3 is 0 Å². The van der Waals surface area contributed by atoms with Crippen molar-refractivity contribution in [3.63, 3.8) is 0 Å². The predicted octanol–water partition coefficient (Wildman–Crippen LogP) is 3.92. The standard InChI is InChI=1S/C25H26FN3O3/c1-13-6-15(19-8-17(11-27)18(26)12-28-19)7-14(2)22(13)23-20(30)9-16(24(23)32)10-21(31)29-25(3,4)5/h6-8,12,16,23H,9-10H2,1-5H3,(H,29,31). The molecule has 1 aliphatic rings. The molecular weight excluding hydrogens is 409 g/mol. The third-order valence-electron chi connectivity index (χ3n) is 5.56. The summed E-state index contributed by atoms with van der Waals surface area (Å²) in [7, 11) is 0. The number of rotatable bonds is 4. The Kier molecular flexibility index (Phi) is 6.27. The van der Waals surface area contributed by atoms with Crippen LogP contribution in [0.5, 0.6) is 0 Å². The van der Waals surface area contributed by atoms with Crippen molar-refractivity contribution in [2.45, 2.75) is 58.9 Å². The van der Waals surface area contributed by atoms with Crippen molar-refractivity contribution in [1.82, 2.24) is 10.3 Å². The van der Waals surface area contributed by atoms with Gasteiger partial charge in [-0.2, -0.15) is 5.26 Å². The summed E-state index contributed by atoms with van der Waals surface area (Å²) in [5.74, 6) is -2.88. The number of nitriles is 1. The summed E-state index contributed by atoms with van der Waals surface area (Å²) in [4.78, 5) is 42.3. The molecule has 1 amide bonds. The van der Waals surface area contributed by atoms with E-state index in [1.54, 1.807) is 32.0 Å². The van der Waals surface area contributed by atoms with E-state index in [2.05, 4.69) is 10.3 Å². The van der Waals surface area contributed by atoms with Gasteiger partial charge in [0, 0.05) is 29.9 Å². The summed E-state index contributed by atoms with van der Waals surface area (Å²) in [5, 5.41) is 11.9. The molecule has 3 rings (SSSR count). The smallest absolute Gasteiger partial charge is 0.221 e. The fourth-order valence-electron chi connectivity index (χ4n) is 4.28. The number of halogens is 1. The summed E-state index contributed by atoms with van der Waals surface area (Å²) in [6.07, 6.45) is 1.04. The van der Waals surface area contributed by atoms with Crippen molar-refractivity contribution in [1.29, 1.82) is 5.26 Å². The van der Waals surface area contributed by atoms with Crippen molar-refractivity contribution in [3.05, 3.63) is 52.5 Å². The Bertz CT molecular complexity index is 1130. The third kappa shape index (κ3) is 4.75. The molecule has 0 bridgehead atoms. The van der Waals surface area contributed by atoms with E-state index in [0.717, 1.165) is 17.3 Å². The zero-order valence-electron chi connectivity index (χ0n) is 18.9. The number of nitrogens with zero attached hydrogens (tertiary/aromatic N) is 2. The maximum absolute atomic E-state index is 13.6. The van der Waals surface area contributed by atoms with Crippen LogP contribution in [0.2, 0.25) is 0 Å². The lowest BCUT2D eigenvalue weighted by Crippen LogP contribution is -2.41. The lowest BCUT2D eigenvalue weighted by Gasteiger charge is -2.21. The zero-order valence-corrected chi connectivity index (χ0v) is 18.9. The molecule has 0 aliphatic heterocycles. The van der Waals surface area contributed by atoms with E-state index in [9.17, 15) is 18.8 Å². The molecule has 1 aliphatic carbocycles. The maximum Gasteiger partial charge on any atom is 0.221 e. The molecule has 166 valence electrons. The highest BCUT2D eigenvalue weighted by Gasteiger charge is 2.44. The molecule has 1 heterocycles. The van der Waals surface area contributed by atoms with Gasteiger partial charge in [-0.15, -0.1) is 0 Å². The molecule has 6 nitrogen and oxygen atoms in total. The number of pyridine rings is 1. The molecule has 32 heavy (non-hydrogen) atoms. The molecule has 1 aromatic heterocycles. The minimum atomic E-state index is -0.896. The molecule has 0 saturated heterocycles. The number of hydrogen-bond acceptors (Lipinski definition) is 5. The number of carbonyl (C=O) groups excluding carboxylic acids is 3. The monoisotopic (exact) mass is 435 g/mol. The molecule has 2 aromatic rings. The van der Waals surface area contributed by atoms with Crippen molar-refractivity contribution in [2.24, 2.45) is 5.92 Å². The number of hydrogen-bond donors (Lipinski definition) is 1. The van der Waals surface area contributed by atoms with E-state index in [4.69, 9.17) is 5.26 Å². The number of aryl methyl sites for hydroxylation is 2. The average molecular weight is 435 g/mol. The van der Waals surface area contributed by atoms with Crippen molar-refractivity contribution in [3.8, 4) is 17.3 Å². The topological polar surface area (TPSA) is 99.9 Å². The summed E-state index contributed by atoms with van der Waals surface area (Å²) < 4.78 is 13.6. The second-order valence-corrected chi connectivity index (χ2v) is 9.39. The van der Waals surface area contributed by atoms with Crippen molar-refractivity contribution < 1.29 is 18.8 Å². The Morgan fingerprint density at radius 3 is 2.41 bits per heavy atom. The molecule has 0 spiro atoms. The van der Waals surface area contributed by atoms with Crippen LogP contribution in [-0.4, -0.2) is 28.0 Å². The van der Waals surface area contributed by atoms with Crippen LogP contribution in [0, 0.1) is 36.9 Å². The van der Waals surface area contributed by atoms with E-state index in [1.165, 1.54) is 6.07 Å². The molecule has 7 heteroatoms. The van der Waals surface area contributed by atoms with Gasteiger partial charge in [-0.05, 0) is 69.5 Å². The van der Waals surface area contributed by atoms with Crippen LogP contribution in [0.1, 0.15) is 61.8 Å².